The van der Waals surface area contributed by atoms with Crippen molar-refractivity contribution in [2.75, 3.05) is 13.2 Å². The quantitative estimate of drug-likeness (QED) is 0.276. The molecule has 0 aliphatic carbocycles. The van der Waals surface area contributed by atoms with Crippen LogP contribution in [0.2, 0.25) is 20.1 Å². The average Bonchev–Trinajstić information content (AvgIpc) is 2.85. The van der Waals surface area contributed by atoms with Gasteiger partial charge in [-0.1, -0.05) is 89.7 Å². The largest absolute Gasteiger partial charge is 0.482 e. The lowest BCUT2D eigenvalue weighted by Gasteiger charge is -2.31. The lowest BCUT2D eigenvalue weighted by Crippen LogP contribution is -2.51. The maximum Gasteiger partial charge on any atom is 0.261 e. The molecule has 9 heteroatoms. The summed E-state index contributed by atoms with van der Waals surface area (Å²) in [7, 11) is 0. The molecule has 0 bridgehead atoms. The molecule has 0 aliphatic heterocycles. The minimum atomic E-state index is -0.803. The van der Waals surface area contributed by atoms with Crippen LogP contribution in [-0.4, -0.2) is 35.9 Å². The van der Waals surface area contributed by atoms with Crippen molar-refractivity contribution in [1.82, 2.24) is 10.2 Å². The van der Waals surface area contributed by atoms with Crippen LogP contribution in [0.4, 0.5) is 0 Å². The molecular weight excluding hydrogens is 542 g/mol. The van der Waals surface area contributed by atoms with Crippen LogP contribution in [0.5, 0.6) is 5.75 Å². The molecule has 0 spiro atoms. The molecule has 3 rings (SSSR count). The first-order valence-electron chi connectivity index (χ1n) is 11.4. The van der Waals surface area contributed by atoms with Gasteiger partial charge in [0.05, 0.1) is 5.02 Å². The second-order valence-corrected chi connectivity index (χ2v) is 9.80. The summed E-state index contributed by atoms with van der Waals surface area (Å²) in [5.41, 5.74) is 1.57. The Morgan fingerprint density at radius 1 is 0.917 bits per heavy atom. The van der Waals surface area contributed by atoms with Gasteiger partial charge in [0.25, 0.3) is 5.91 Å². The van der Waals surface area contributed by atoms with E-state index in [4.69, 9.17) is 51.1 Å². The number of carbonyl (C=O) groups is 2. The van der Waals surface area contributed by atoms with Crippen LogP contribution in [0.15, 0.2) is 66.7 Å². The van der Waals surface area contributed by atoms with Gasteiger partial charge in [-0.2, -0.15) is 0 Å². The summed E-state index contributed by atoms with van der Waals surface area (Å²) < 4.78 is 5.72. The summed E-state index contributed by atoms with van der Waals surface area (Å²) in [4.78, 5) is 28.4. The number of rotatable bonds is 11. The molecule has 0 unspecified atom stereocenters. The van der Waals surface area contributed by atoms with E-state index >= 15 is 0 Å². The van der Waals surface area contributed by atoms with Gasteiger partial charge in [-0.05, 0) is 47.9 Å². The molecular formula is C27H26Cl4N2O3. The van der Waals surface area contributed by atoms with E-state index < -0.39 is 11.9 Å². The highest BCUT2D eigenvalue weighted by atomic mass is 35.5. The van der Waals surface area contributed by atoms with Crippen molar-refractivity contribution in [2.24, 2.45) is 0 Å². The first-order valence-corrected chi connectivity index (χ1v) is 12.9. The second kappa shape index (κ2) is 13.8. The molecule has 0 aromatic heterocycles. The Bertz CT molecular complexity index is 1190. The Hall–Kier alpha value is -2.44. The van der Waals surface area contributed by atoms with Gasteiger partial charge in [-0.25, -0.2) is 0 Å². The highest BCUT2D eigenvalue weighted by Gasteiger charge is 2.31. The third kappa shape index (κ3) is 8.04. The van der Waals surface area contributed by atoms with Crippen molar-refractivity contribution in [3.63, 3.8) is 0 Å². The molecule has 0 fully saturated rings. The number of hydrogen-bond donors (Lipinski definition) is 1. The lowest BCUT2D eigenvalue weighted by molar-refractivity contribution is -0.142. The van der Waals surface area contributed by atoms with Crippen molar-refractivity contribution in [2.45, 2.75) is 32.4 Å². The number of nitrogens with zero attached hydrogens (tertiary/aromatic N) is 1. The number of ether oxygens (including phenoxy) is 1. The van der Waals surface area contributed by atoms with Gasteiger partial charge in [-0.15, -0.1) is 0 Å². The minimum Gasteiger partial charge on any atom is -0.482 e. The van der Waals surface area contributed by atoms with Gasteiger partial charge < -0.3 is 15.0 Å². The number of hydrogen-bond acceptors (Lipinski definition) is 3. The summed E-state index contributed by atoms with van der Waals surface area (Å²) in [6.07, 6.45) is 1.08. The van der Waals surface area contributed by atoms with E-state index in [1.54, 1.807) is 30.3 Å². The van der Waals surface area contributed by atoms with Crippen molar-refractivity contribution >= 4 is 58.2 Å². The molecule has 1 N–H and O–H groups in total. The van der Waals surface area contributed by atoms with Crippen LogP contribution < -0.4 is 10.1 Å². The zero-order valence-electron chi connectivity index (χ0n) is 19.6. The Labute approximate surface area is 231 Å². The molecule has 3 aromatic rings. The smallest absolute Gasteiger partial charge is 0.261 e. The van der Waals surface area contributed by atoms with Gasteiger partial charge in [0, 0.05) is 34.6 Å². The normalized spacial score (nSPS) is 11.6. The molecule has 0 saturated heterocycles. The first-order chi connectivity index (χ1) is 17.3. The summed E-state index contributed by atoms with van der Waals surface area (Å²) in [5, 5.41) is 4.53. The van der Waals surface area contributed by atoms with Crippen molar-refractivity contribution in [3.05, 3.63) is 97.9 Å². The third-order valence-corrected chi connectivity index (χ3v) is 6.54. The number of carbonyl (C=O) groups excluding carboxylic acids is 2. The van der Waals surface area contributed by atoms with Crippen molar-refractivity contribution in [3.8, 4) is 5.75 Å². The van der Waals surface area contributed by atoms with E-state index in [-0.39, 0.29) is 24.1 Å². The van der Waals surface area contributed by atoms with Crippen LogP contribution in [0.25, 0.3) is 0 Å². The predicted octanol–water partition coefficient (Wildman–Crippen LogP) is 6.85. The van der Waals surface area contributed by atoms with E-state index in [0.29, 0.717) is 39.3 Å². The Morgan fingerprint density at radius 2 is 1.58 bits per heavy atom. The summed E-state index contributed by atoms with van der Waals surface area (Å²) in [6.45, 7) is 2.21. The first kappa shape index (κ1) is 28.1. The second-order valence-electron chi connectivity index (χ2n) is 8.12. The van der Waals surface area contributed by atoms with Gasteiger partial charge >= 0.3 is 0 Å². The van der Waals surface area contributed by atoms with E-state index in [2.05, 4.69) is 5.32 Å². The molecule has 3 aromatic carbocycles. The van der Waals surface area contributed by atoms with Crippen LogP contribution in [0, 0.1) is 0 Å². The van der Waals surface area contributed by atoms with Crippen molar-refractivity contribution in [1.29, 1.82) is 0 Å². The highest BCUT2D eigenvalue weighted by Crippen LogP contribution is 2.28. The number of halogens is 4. The number of amides is 2. The summed E-state index contributed by atoms with van der Waals surface area (Å²) >= 11 is 24.7. The van der Waals surface area contributed by atoms with E-state index in [9.17, 15) is 9.59 Å². The average molecular weight is 568 g/mol. The fourth-order valence-electron chi connectivity index (χ4n) is 3.57. The van der Waals surface area contributed by atoms with Gasteiger partial charge in [-0.3, -0.25) is 9.59 Å². The fraction of sp³-hybridized carbons (Fsp3) is 0.259. The summed E-state index contributed by atoms with van der Waals surface area (Å²) in [6, 6.07) is 18.5. The number of nitrogens with one attached hydrogen (secondary N) is 1. The molecule has 0 aliphatic rings. The Morgan fingerprint density at radius 3 is 2.22 bits per heavy atom. The van der Waals surface area contributed by atoms with Crippen LogP contribution >= 0.6 is 46.4 Å². The van der Waals surface area contributed by atoms with E-state index in [1.165, 1.54) is 11.0 Å². The monoisotopic (exact) mass is 566 g/mol. The SMILES string of the molecule is CCCNC(=O)[C@H](Cc1ccccc1)N(Cc1ccc(Cl)cc1Cl)C(=O)COc1ccc(Cl)cc1Cl. The molecule has 1 atom stereocenters. The van der Waals surface area contributed by atoms with Crippen LogP contribution in [0.3, 0.4) is 0 Å². The van der Waals surface area contributed by atoms with Gasteiger partial charge in [0.1, 0.15) is 11.8 Å². The lowest BCUT2D eigenvalue weighted by atomic mass is 10.0. The molecule has 0 heterocycles. The highest BCUT2D eigenvalue weighted by molar-refractivity contribution is 6.35. The zero-order valence-corrected chi connectivity index (χ0v) is 22.7. The van der Waals surface area contributed by atoms with E-state index in [1.807, 2.05) is 37.3 Å². The maximum atomic E-state index is 13.6. The van der Waals surface area contributed by atoms with Crippen molar-refractivity contribution < 1.29 is 14.3 Å². The number of benzene rings is 3. The molecule has 0 radical (unpaired) electrons. The Kier molecular flexibility index (Phi) is 10.7. The van der Waals surface area contributed by atoms with Gasteiger partial charge in [0.2, 0.25) is 5.91 Å². The Balaban J connectivity index is 1.93. The standard InChI is InChI=1S/C27H26Cl4N2O3/c1-2-12-32-27(35)24(13-18-6-4-3-5-7-18)33(16-19-8-9-20(28)14-22(19)30)26(34)17-36-25-11-10-21(29)15-23(25)31/h3-11,14-15,24H,2,12-13,16-17H2,1H3,(H,32,35)/t24-/m0/s1. The topological polar surface area (TPSA) is 58.6 Å². The molecule has 5 nitrogen and oxygen atoms in total. The van der Waals surface area contributed by atoms with Crippen LogP contribution in [-0.2, 0) is 22.6 Å². The minimum absolute atomic E-state index is 0.0869. The molecule has 190 valence electrons. The zero-order chi connectivity index (χ0) is 26.1. The van der Waals surface area contributed by atoms with E-state index in [0.717, 1.165) is 12.0 Å². The molecule has 2 amide bonds. The maximum absolute atomic E-state index is 13.6. The molecule has 36 heavy (non-hydrogen) atoms. The fourth-order valence-corrected chi connectivity index (χ4v) is 4.50. The third-order valence-electron chi connectivity index (χ3n) is 5.42. The summed E-state index contributed by atoms with van der Waals surface area (Å²) in [5.74, 6) is -0.350. The van der Waals surface area contributed by atoms with Gasteiger partial charge in [0.15, 0.2) is 6.61 Å². The van der Waals surface area contributed by atoms with Crippen LogP contribution in [0.1, 0.15) is 24.5 Å². The predicted molar refractivity (Wildman–Crippen MR) is 146 cm³/mol. The molecule has 0 saturated carbocycles.